The second-order valence-corrected chi connectivity index (χ2v) is 5.40. The lowest BCUT2D eigenvalue weighted by Gasteiger charge is -2.17. The molecule has 5 N–H and O–H groups in total. The number of nitrogens with one attached hydrogen (secondary N) is 2. The zero-order valence-electron chi connectivity index (χ0n) is 12.8. The van der Waals surface area contributed by atoms with Crippen LogP contribution in [0.3, 0.4) is 0 Å². The Balaban J connectivity index is 2.86. The maximum absolute atomic E-state index is 13.1. The highest BCUT2D eigenvalue weighted by Crippen LogP contribution is 2.43. The van der Waals surface area contributed by atoms with Crippen molar-refractivity contribution in [3.05, 3.63) is 52.0 Å². The van der Waals surface area contributed by atoms with Crippen LogP contribution in [-0.2, 0) is 6.18 Å². The summed E-state index contributed by atoms with van der Waals surface area (Å²) in [4.78, 5) is 12.3. The van der Waals surface area contributed by atoms with Gasteiger partial charge < -0.3 is 10.8 Å². The minimum Gasteiger partial charge on any atom is -0.507 e. The summed E-state index contributed by atoms with van der Waals surface area (Å²) in [5, 5.41) is 27.6. The lowest BCUT2D eigenvalue weighted by Crippen LogP contribution is -2.36. The number of benzene rings is 2. The fraction of sp³-hybridized carbons (Fsp3) is 0.0625. The topological polar surface area (TPSA) is 123 Å². The number of phenols is 1. The van der Waals surface area contributed by atoms with Gasteiger partial charge in [-0.15, -0.1) is 0 Å². The van der Waals surface area contributed by atoms with E-state index < -0.39 is 39.9 Å². The van der Waals surface area contributed by atoms with E-state index in [0.717, 1.165) is 24.3 Å². The van der Waals surface area contributed by atoms with Crippen molar-refractivity contribution < 1.29 is 23.1 Å². The van der Waals surface area contributed by atoms with E-state index in [1.807, 2.05) is 5.32 Å². The highest BCUT2D eigenvalue weighted by atomic mass is 35.5. The van der Waals surface area contributed by atoms with Crippen LogP contribution in [0.4, 0.5) is 13.2 Å². The van der Waals surface area contributed by atoms with Crippen LogP contribution in [-0.4, -0.2) is 17.0 Å². The van der Waals surface area contributed by atoms with Crippen LogP contribution < -0.4 is 11.1 Å². The number of hydrogen-bond donors (Lipinski definition) is 4. The number of aromatic hydroxyl groups is 1. The van der Waals surface area contributed by atoms with Crippen LogP contribution in [0.25, 0.3) is 11.1 Å². The van der Waals surface area contributed by atoms with Gasteiger partial charge in [-0.1, -0.05) is 23.7 Å². The molecular weight excluding hydrogens is 373 g/mol. The molecule has 0 bridgehead atoms. The van der Waals surface area contributed by atoms with E-state index in [9.17, 15) is 28.3 Å². The Hall–Kier alpha value is -3.25. The van der Waals surface area contributed by atoms with Crippen LogP contribution in [0.5, 0.6) is 5.75 Å². The van der Waals surface area contributed by atoms with Gasteiger partial charge in [0.15, 0.2) is 5.96 Å². The summed E-state index contributed by atoms with van der Waals surface area (Å²) in [6.07, 6.45) is -4.77. The number of guanidine groups is 1. The monoisotopic (exact) mass is 382 g/mol. The molecule has 0 unspecified atom stereocenters. The zero-order valence-corrected chi connectivity index (χ0v) is 13.5. The van der Waals surface area contributed by atoms with Gasteiger partial charge in [0, 0.05) is 11.1 Å². The first kappa shape index (κ1) is 19.1. The summed E-state index contributed by atoms with van der Waals surface area (Å²) < 4.78 is 39.3. The molecule has 0 saturated carbocycles. The maximum Gasteiger partial charge on any atom is 0.417 e. The summed E-state index contributed by atoms with van der Waals surface area (Å²) in [6, 6.07) is 6.88. The number of carbonyl (C=O) groups excluding carboxylic acids is 1. The molecule has 0 aromatic heterocycles. The lowest BCUT2D eigenvalue weighted by molar-refractivity contribution is -0.137. The number of carbonyl (C=O) groups is 1. The number of nitrogens with two attached hydrogens (primary N) is 1. The molecule has 0 fully saturated rings. The Morgan fingerprint density at radius 1 is 1.31 bits per heavy atom. The third-order valence-electron chi connectivity index (χ3n) is 3.35. The quantitative estimate of drug-likeness (QED) is 0.470. The molecule has 6 nitrogen and oxygen atoms in total. The van der Waals surface area contributed by atoms with Crippen molar-refractivity contribution in [2.75, 3.05) is 0 Å². The molecule has 1 amide bonds. The minimum atomic E-state index is -4.77. The van der Waals surface area contributed by atoms with Crippen LogP contribution >= 0.6 is 11.6 Å². The molecule has 134 valence electrons. The number of hydrogen-bond acceptors (Lipinski definition) is 4. The van der Waals surface area contributed by atoms with Crippen molar-refractivity contribution >= 4 is 23.5 Å². The first-order chi connectivity index (χ1) is 12.1. The van der Waals surface area contributed by atoms with Gasteiger partial charge in [-0.05, 0) is 18.2 Å². The van der Waals surface area contributed by atoms with Crippen LogP contribution in [0, 0.1) is 16.7 Å². The minimum absolute atomic E-state index is 0.197. The van der Waals surface area contributed by atoms with Gasteiger partial charge >= 0.3 is 6.18 Å². The van der Waals surface area contributed by atoms with Crippen molar-refractivity contribution in [1.29, 1.82) is 10.7 Å². The van der Waals surface area contributed by atoms with Gasteiger partial charge in [0.25, 0.3) is 5.91 Å². The number of alkyl halides is 3. The number of nitriles is 1. The Morgan fingerprint density at radius 3 is 2.50 bits per heavy atom. The molecule has 26 heavy (non-hydrogen) atoms. The van der Waals surface area contributed by atoms with Crippen LogP contribution in [0.1, 0.15) is 21.5 Å². The lowest BCUT2D eigenvalue weighted by atomic mass is 9.92. The van der Waals surface area contributed by atoms with Crippen molar-refractivity contribution in [2.45, 2.75) is 6.18 Å². The number of amides is 1. The van der Waals surface area contributed by atoms with Gasteiger partial charge in [0.05, 0.1) is 27.8 Å². The van der Waals surface area contributed by atoms with Crippen molar-refractivity contribution in [2.24, 2.45) is 5.73 Å². The van der Waals surface area contributed by atoms with Gasteiger partial charge in [-0.3, -0.25) is 15.5 Å². The molecule has 10 heteroatoms. The summed E-state index contributed by atoms with van der Waals surface area (Å²) >= 11 is 5.88. The Morgan fingerprint density at radius 2 is 1.96 bits per heavy atom. The van der Waals surface area contributed by atoms with Crippen molar-refractivity contribution in [3.8, 4) is 22.9 Å². The largest absolute Gasteiger partial charge is 0.507 e. The summed E-state index contributed by atoms with van der Waals surface area (Å²) in [5.41, 5.74) is 2.61. The molecule has 0 radical (unpaired) electrons. The average molecular weight is 383 g/mol. The molecule has 0 aliphatic carbocycles. The van der Waals surface area contributed by atoms with E-state index in [2.05, 4.69) is 0 Å². The summed E-state index contributed by atoms with van der Waals surface area (Å²) in [5.74, 6) is -2.44. The van der Waals surface area contributed by atoms with E-state index >= 15 is 0 Å². The number of halogens is 4. The van der Waals surface area contributed by atoms with E-state index in [1.165, 1.54) is 6.07 Å². The predicted molar refractivity (Wildman–Crippen MR) is 87.7 cm³/mol. The summed E-state index contributed by atoms with van der Waals surface area (Å²) in [6.45, 7) is 0. The van der Waals surface area contributed by atoms with E-state index in [-0.39, 0.29) is 16.7 Å². The van der Waals surface area contributed by atoms with Gasteiger partial charge in [-0.25, -0.2) is 0 Å². The highest BCUT2D eigenvalue weighted by molar-refractivity contribution is 6.34. The molecule has 2 aromatic rings. The normalized spacial score (nSPS) is 10.9. The maximum atomic E-state index is 13.1. The van der Waals surface area contributed by atoms with Crippen LogP contribution in [0.2, 0.25) is 5.02 Å². The molecule has 0 spiro atoms. The number of phenolic OH excluding ortho intramolecular Hbond substituents is 1. The molecule has 0 atom stereocenters. The van der Waals surface area contributed by atoms with Crippen molar-refractivity contribution in [3.63, 3.8) is 0 Å². The fourth-order valence-corrected chi connectivity index (χ4v) is 2.65. The number of nitrogens with zero attached hydrogens (tertiary/aromatic N) is 1. The first-order valence-corrected chi connectivity index (χ1v) is 7.23. The van der Waals surface area contributed by atoms with E-state index in [4.69, 9.17) is 22.7 Å². The zero-order chi connectivity index (χ0) is 19.6. The third kappa shape index (κ3) is 3.55. The number of rotatable bonds is 2. The molecule has 0 aliphatic heterocycles. The molecule has 0 aliphatic rings. The van der Waals surface area contributed by atoms with Gasteiger partial charge in [0.1, 0.15) is 5.75 Å². The summed E-state index contributed by atoms with van der Waals surface area (Å²) in [7, 11) is 0. The molecule has 0 saturated heterocycles. The Kier molecular flexibility index (Phi) is 5.09. The Bertz CT molecular complexity index is 952. The second kappa shape index (κ2) is 6.93. The van der Waals surface area contributed by atoms with Crippen LogP contribution in [0.15, 0.2) is 30.3 Å². The Labute approximate surface area is 150 Å². The van der Waals surface area contributed by atoms with E-state index in [1.54, 1.807) is 6.07 Å². The smallest absolute Gasteiger partial charge is 0.417 e. The first-order valence-electron chi connectivity index (χ1n) is 6.85. The fourth-order valence-electron chi connectivity index (χ4n) is 2.32. The van der Waals surface area contributed by atoms with Gasteiger partial charge in [-0.2, -0.15) is 18.4 Å². The SMILES string of the molecule is N#Cc1ccc(O)c(C(=O)NC(=N)N)c1-c1cccc(C(F)(F)F)c1Cl. The average Bonchev–Trinajstić information content (AvgIpc) is 2.52. The highest BCUT2D eigenvalue weighted by Gasteiger charge is 2.35. The molecule has 2 aromatic carbocycles. The molecular formula is C16H10ClF3N4O2. The third-order valence-corrected chi connectivity index (χ3v) is 3.76. The molecule has 0 heterocycles. The van der Waals surface area contributed by atoms with Crippen molar-refractivity contribution in [1.82, 2.24) is 5.32 Å². The second-order valence-electron chi connectivity index (χ2n) is 5.03. The predicted octanol–water partition coefficient (Wildman–Crippen LogP) is 3.23. The van der Waals surface area contributed by atoms with Gasteiger partial charge in [0.2, 0.25) is 0 Å². The molecule has 2 rings (SSSR count). The van der Waals surface area contributed by atoms with E-state index in [0.29, 0.717) is 0 Å². The standard InChI is InChI=1S/C16H10ClF3N4O2/c17-13-8(2-1-3-9(13)16(18,19)20)11-7(6-21)4-5-10(25)12(11)14(26)24-15(22)23/h1-5,25H,(H4,22,23,24,26).